The molecule has 2 heterocycles. The average Bonchev–Trinajstić information content (AvgIpc) is 3.40. The highest BCUT2D eigenvalue weighted by Gasteiger charge is 2.36. The van der Waals surface area contributed by atoms with Gasteiger partial charge in [-0.05, 0) is 74.1 Å². The number of benzene rings is 3. The number of rotatable bonds is 12. The van der Waals surface area contributed by atoms with Crippen molar-refractivity contribution in [2.45, 2.75) is 78.1 Å². The van der Waals surface area contributed by atoms with Crippen LogP contribution in [0.2, 0.25) is 0 Å². The van der Waals surface area contributed by atoms with Crippen molar-refractivity contribution in [1.29, 1.82) is 5.26 Å². The number of piperazine rings is 1. The first kappa shape index (κ1) is 32.5. The first-order valence-corrected chi connectivity index (χ1v) is 16.8. The second kappa shape index (κ2) is 14.5. The van der Waals surface area contributed by atoms with Crippen LogP contribution < -0.4 is 9.64 Å². The number of anilines is 1. The van der Waals surface area contributed by atoms with Crippen molar-refractivity contribution in [3.63, 3.8) is 0 Å². The van der Waals surface area contributed by atoms with E-state index in [0.717, 1.165) is 62.4 Å². The lowest BCUT2D eigenvalue weighted by atomic mass is 9.84. The molecule has 1 saturated heterocycles. The highest BCUT2D eigenvalue weighted by molar-refractivity contribution is 5.99. The van der Waals surface area contributed by atoms with Crippen molar-refractivity contribution < 1.29 is 18.7 Å². The summed E-state index contributed by atoms with van der Waals surface area (Å²) in [6.45, 7) is 8.85. The summed E-state index contributed by atoms with van der Waals surface area (Å²) >= 11 is 0. The molecule has 6 rings (SSSR count). The van der Waals surface area contributed by atoms with Crippen molar-refractivity contribution in [3.8, 4) is 11.8 Å². The Hall–Kier alpha value is -4.48. The third kappa shape index (κ3) is 7.26. The van der Waals surface area contributed by atoms with E-state index < -0.39 is 0 Å². The Morgan fingerprint density at radius 2 is 1.77 bits per heavy atom. The van der Waals surface area contributed by atoms with Crippen LogP contribution in [0.5, 0.6) is 5.75 Å². The number of Topliss-reactive ketones (excluding diaryl/α,β-unsaturated/α-hetero) is 1. The fourth-order valence-electron chi connectivity index (χ4n) is 6.92. The van der Waals surface area contributed by atoms with Crippen molar-refractivity contribution in [2.75, 3.05) is 31.1 Å². The lowest BCUT2D eigenvalue weighted by molar-refractivity contribution is -0.119. The Kier molecular flexibility index (Phi) is 10.0. The summed E-state index contributed by atoms with van der Waals surface area (Å²) in [7, 11) is 0. The maximum atomic E-state index is 14.5. The van der Waals surface area contributed by atoms with Gasteiger partial charge in [0.15, 0.2) is 0 Å². The number of ether oxygens (including phenoxy) is 1. The van der Waals surface area contributed by atoms with Gasteiger partial charge < -0.3 is 14.5 Å². The minimum Gasteiger partial charge on any atom is -0.489 e. The van der Waals surface area contributed by atoms with Crippen LogP contribution in [0.3, 0.4) is 0 Å². The molecule has 1 atom stereocenters. The molecule has 0 aromatic heterocycles. The summed E-state index contributed by atoms with van der Waals surface area (Å²) in [6.07, 6.45) is 5.04. The summed E-state index contributed by atoms with van der Waals surface area (Å²) in [5.74, 6) is 0.641. The van der Waals surface area contributed by atoms with Crippen LogP contribution in [0.4, 0.5) is 10.1 Å². The van der Waals surface area contributed by atoms with Gasteiger partial charge in [0.25, 0.3) is 5.91 Å². The Morgan fingerprint density at radius 3 is 2.43 bits per heavy atom. The van der Waals surface area contributed by atoms with Crippen molar-refractivity contribution in [1.82, 2.24) is 9.80 Å². The molecule has 1 saturated carbocycles. The summed E-state index contributed by atoms with van der Waals surface area (Å²) in [5, 5.41) is 9.01. The van der Waals surface area contributed by atoms with Gasteiger partial charge in [0.2, 0.25) is 0 Å². The number of hydrogen-bond donors (Lipinski definition) is 0. The molecule has 0 radical (unpaired) electrons. The summed E-state index contributed by atoms with van der Waals surface area (Å²) in [6, 6.07) is 20.8. The SMILES string of the molecule is CCC(=O)CCC(C(C)=C1CCC1)N1Cc2c(OCc3ccc(CN4CCN(c5ccc(C#N)cc5F)CC4)cc3)cccc2C1=O. The number of halogens is 1. The quantitative estimate of drug-likeness (QED) is 0.197. The Balaban J connectivity index is 1.05. The molecule has 0 spiro atoms. The number of hydrogen-bond acceptors (Lipinski definition) is 6. The molecule has 2 fully saturated rings. The van der Waals surface area contributed by atoms with E-state index in [1.54, 1.807) is 12.1 Å². The minimum atomic E-state index is -0.347. The van der Waals surface area contributed by atoms with Gasteiger partial charge in [0.1, 0.15) is 24.0 Å². The first-order chi connectivity index (χ1) is 22.8. The number of amides is 1. The van der Waals surface area contributed by atoms with Crippen molar-refractivity contribution in [3.05, 3.63) is 105 Å². The zero-order valence-electron chi connectivity index (χ0n) is 27.4. The van der Waals surface area contributed by atoms with Crippen LogP contribution in [0.1, 0.15) is 85.0 Å². The molecule has 3 aromatic carbocycles. The Labute approximate surface area is 277 Å². The minimum absolute atomic E-state index is 0.0193. The zero-order valence-corrected chi connectivity index (χ0v) is 27.4. The second-order valence-corrected chi connectivity index (χ2v) is 12.9. The van der Waals surface area contributed by atoms with Gasteiger partial charge in [-0.2, -0.15) is 5.26 Å². The normalized spacial score (nSPS) is 16.8. The largest absolute Gasteiger partial charge is 0.489 e. The highest BCUT2D eigenvalue weighted by atomic mass is 19.1. The number of allylic oxidation sites excluding steroid dienone is 1. The second-order valence-electron chi connectivity index (χ2n) is 12.9. The molecule has 0 bridgehead atoms. The molecule has 47 heavy (non-hydrogen) atoms. The Bertz CT molecular complexity index is 1700. The standard InChI is InChI=1S/C39H43FN4O3/c1-3-32(45)15-17-36(27(2)31-6-4-7-31)44-25-34-33(39(44)46)8-5-9-38(34)47-26-29-12-10-28(11-13-29)24-42-18-20-43(21-19-42)37-16-14-30(23-41)22-35(37)40/h5,8-14,16,22,36H,3-4,6-7,15,17-21,24-26H2,1-2H3. The number of fused-ring (bicyclic) bond motifs is 1. The van der Waals surface area contributed by atoms with E-state index >= 15 is 0 Å². The van der Waals surface area contributed by atoms with E-state index in [4.69, 9.17) is 10.00 Å². The van der Waals surface area contributed by atoms with Gasteiger partial charge >= 0.3 is 0 Å². The van der Waals surface area contributed by atoms with E-state index in [2.05, 4.69) is 36.1 Å². The van der Waals surface area contributed by atoms with Crippen LogP contribution in [-0.2, 0) is 24.5 Å². The molecule has 3 aliphatic rings. The lowest BCUT2D eigenvalue weighted by Gasteiger charge is -2.36. The van der Waals surface area contributed by atoms with Gasteiger partial charge in [-0.15, -0.1) is 0 Å². The van der Waals surface area contributed by atoms with Crippen LogP contribution in [0.25, 0.3) is 0 Å². The van der Waals surface area contributed by atoms with E-state index in [-0.39, 0.29) is 23.5 Å². The highest BCUT2D eigenvalue weighted by Crippen LogP contribution is 2.38. The van der Waals surface area contributed by atoms with Gasteiger partial charge in [-0.1, -0.05) is 48.4 Å². The van der Waals surface area contributed by atoms with Crippen molar-refractivity contribution in [2.24, 2.45) is 0 Å². The summed E-state index contributed by atoms with van der Waals surface area (Å²) in [4.78, 5) is 32.3. The van der Waals surface area contributed by atoms with Crippen LogP contribution >= 0.6 is 0 Å². The molecular weight excluding hydrogens is 591 g/mol. The zero-order chi connectivity index (χ0) is 32.9. The summed E-state index contributed by atoms with van der Waals surface area (Å²) < 4.78 is 20.8. The monoisotopic (exact) mass is 634 g/mol. The molecule has 1 aliphatic carbocycles. The molecule has 8 heteroatoms. The number of nitriles is 1. The van der Waals surface area contributed by atoms with Gasteiger partial charge in [-0.25, -0.2) is 4.39 Å². The maximum Gasteiger partial charge on any atom is 0.255 e. The van der Waals surface area contributed by atoms with E-state index in [0.29, 0.717) is 49.2 Å². The van der Waals surface area contributed by atoms with Crippen molar-refractivity contribution >= 4 is 17.4 Å². The van der Waals surface area contributed by atoms with Gasteiger partial charge in [-0.3, -0.25) is 14.5 Å². The van der Waals surface area contributed by atoms with Crippen LogP contribution in [-0.4, -0.2) is 53.7 Å². The third-order valence-corrected chi connectivity index (χ3v) is 10.0. The number of carbonyl (C=O) groups is 2. The molecule has 1 amide bonds. The van der Waals surface area contributed by atoms with Gasteiger partial charge in [0, 0.05) is 56.7 Å². The number of ketones is 1. The molecule has 2 aliphatic heterocycles. The molecule has 3 aromatic rings. The summed E-state index contributed by atoms with van der Waals surface area (Å²) in [5.41, 5.74) is 7.45. The molecule has 7 nitrogen and oxygen atoms in total. The predicted molar refractivity (Wildman–Crippen MR) is 181 cm³/mol. The predicted octanol–water partition coefficient (Wildman–Crippen LogP) is 7.18. The molecule has 1 unspecified atom stereocenters. The third-order valence-electron chi connectivity index (χ3n) is 10.0. The van der Waals surface area contributed by atoms with Gasteiger partial charge in [0.05, 0.1) is 29.9 Å². The smallest absolute Gasteiger partial charge is 0.255 e. The topological polar surface area (TPSA) is 76.9 Å². The lowest BCUT2D eigenvalue weighted by Crippen LogP contribution is -2.46. The number of nitrogens with zero attached hydrogens (tertiary/aromatic N) is 4. The van der Waals surface area contributed by atoms with Crippen LogP contribution in [0, 0.1) is 17.1 Å². The molecule has 244 valence electrons. The maximum absolute atomic E-state index is 14.5. The number of carbonyl (C=O) groups excluding carboxylic acids is 2. The first-order valence-electron chi connectivity index (χ1n) is 16.8. The van der Waals surface area contributed by atoms with E-state index in [1.807, 2.05) is 41.0 Å². The molecular formula is C39H43FN4O3. The van der Waals surface area contributed by atoms with E-state index in [1.165, 1.54) is 29.2 Å². The fourth-order valence-corrected chi connectivity index (χ4v) is 6.92. The van der Waals surface area contributed by atoms with Crippen LogP contribution in [0.15, 0.2) is 71.8 Å². The van der Waals surface area contributed by atoms with E-state index in [9.17, 15) is 14.0 Å². The Morgan fingerprint density at radius 1 is 1.02 bits per heavy atom. The average molecular weight is 635 g/mol. The molecule has 0 N–H and O–H groups in total. The fraction of sp³-hybridized carbons (Fsp3) is 0.410.